The normalized spacial score (nSPS) is 12.7. The summed E-state index contributed by atoms with van der Waals surface area (Å²) in [6, 6.07) is 17.0. The minimum atomic E-state index is -4.26. The lowest BCUT2D eigenvalue weighted by Crippen LogP contribution is -2.53. The molecular formula is C32H39Cl2N3O5S2. The van der Waals surface area contributed by atoms with Crippen LogP contribution in [-0.4, -0.2) is 56.6 Å². The van der Waals surface area contributed by atoms with E-state index in [-0.39, 0.29) is 42.1 Å². The second kappa shape index (κ2) is 16.4. The van der Waals surface area contributed by atoms with Crippen molar-refractivity contribution < 1.29 is 22.7 Å². The Morgan fingerprint density at radius 1 is 0.977 bits per heavy atom. The molecular weight excluding hydrogens is 641 g/mol. The first kappa shape index (κ1) is 35.6. The molecule has 1 N–H and O–H groups in total. The molecule has 0 radical (unpaired) electrons. The van der Waals surface area contributed by atoms with Gasteiger partial charge in [-0.1, -0.05) is 55.2 Å². The first-order chi connectivity index (χ1) is 21.0. The van der Waals surface area contributed by atoms with Crippen molar-refractivity contribution in [3.05, 3.63) is 82.3 Å². The number of amides is 2. The van der Waals surface area contributed by atoms with Gasteiger partial charge in [-0.2, -0.15) is 0 Å². The molecule has 0 fully saturated rings. The SMILES string of the molecule is CCOc1ccccc1N(CC(=O)N(Cc1ccc(Cl)cc1Cl)[C@H](CC)C(=O)N[C@H](C)CC)S(=O)(=O)c1ccc(SC)cc1. The summed E-state index contributed by atoms with van der Waals surface area (Å²) in [5, 5.41) is 3.72. The van der Waals surface area contributed by atoms with Gasteiger partial charge in [-0.05, 0) is 87.0 Å². The highest BCUT2D eigenvalue weighted by molar-refractivity contribution is 7.98. The van der Waals surface area contributed by atoms with Crippen LogP contribution in [0, 0.1) is 0 Å². The van der Waals surface area contributed by atoms with E-state index < -0.39 is 28.5 Å². The van der Waals surface area contributed by atoms with Gasteiger partial charge in [-0.15, -0.1) is 11.8 Å². The number of halogens is 2. The van der Waals surface area contributed by atoms with Crippen LogP contribution in [0.3, 0.4) is 0 Å². The van der Waals surface area contributed by atoms with Gasteiger partial charge in [0, 0.05) is 27.5 Å². The van der Waals surface area contributed by atoms with Crippen molar-refractivity contribution in [3.8, 4) is 5.75 Å². The number of thioether (sulfide) groups is 1. The molecule has 44 heavy (non-hydrogen) atoms. The average Bonchev–Trinajstić information content (AvgIpc) is 3.01. The molecule has 2 amide bonds. The van der Waals surface area contributed by atoms with E-state index in [1.165, 1.54) is 28.8 Å². The van der Waals surface area contributed by atoms with Crippen molar-refractivity contribution in [2.24, 2.45) is 0 Å². The van der Waals surface area contributed by atoms with Crippen LogP contribution in [0.1, 0.15) is 46.1 Å². The lowest BCUT2D eigenvalue weighted by atomic mass is 10.1. The molecule has 2 atom stereocenters. The van der Waals surface area contributed by atoms with E-state index in [9.17, 15) is 18.0 Å². The zero-order valence-electron chi connectivity index (χ0n) is 25.5. The number of nitrogens with zero attached hydrogens (tertiary/aromatic N) is 2. The third-order valence-electron chi connectivity index (χ3n) is 7.10. The van der Waals surface area contributed by atoms with Crippen LogP contribution in [0.15, 0.2) is 76.5 Å². The zero-order chi connectivity index (χ0) is 32.4. The number of benzene rings is 3. The maximum Gasteiger partial charge on any atom is 0.264 e. The molecule has 0 unspecified atom stereocenters. The summed E-state index contributed by atoms with van der Waals surface area (Å²) in [7, 11) is -4.26. The third kappa shape index (κ3) is 8.84. The Morgan fingerprint density at radius 3 is 2.25 bits per heavy atom. The molecule has 3 aromatic carbocycles. The zero-order valence-corrected chi connectivity index (χ0v) is 28.7. The summed E-state index contributed by atoms with van der Waals surface area (Å²) in [6.45, 7) is 7.09. The van der Waals surface area contributed by atoms with E-state index in [4.69, 9.17) is 27.9 Å². The highest BCUT2D eigenvalue weighted by Gasteiger charge is 2.35. The van der Waals surface area contributed by atoms with Crippen molar-refractivity contribution in [2.45, 2.75) is 69.0 Å². The van der Waals surface area contributed by atoms with E-state index in [0.29, 0.717) is 27.8 Å². The summed E-state index contributed by atoms with van der Waals surface area (Å²) < 4.78 is 35.3. The monoisotopic (exact) mass is 679 g/mol. The number of carbonyl (C=O) groups excluding carboxylic acids is 2. The maximum absolute atomic E-state index is 14.3. The number of para-hydroxylation sites is 2. The number of hydrogen-bond acceptors (Lipinski definition) is 6. The van der Waals surface area contributed by atoms with E-state index in [1.54, 1.807) is 68.4 Å². The summed E-state index contributed by atoms with van der Waals surface area (Å²) in [5.41, 5.74) is 0.772. The number of hydrogen-bond donors (Lipinski definition) is 1. The van der Waals surface area contributed by atoms with Gasteiger partial charge in [-0.25, -0.2) is 8.42 Å². The molecule has 0 aliphatic rings. The Hall–Kier alpha value is -2.92. The Bertz CT molecular complexity index is 1540. The summed E-state index contributed by atoms with van der Waals surface area (Å²) in [4.78, 5) is 30.1. The predicted octanol–water partition coefficient (Wildman–Crippen LogP) is 7.03. The number of carbonyl (C=O) groups is 2. The van der Waals surface area contributed by atoms with Crippen LogP contribution in [0.5, 0.6) is 5.75 Å². The van der Waals surface area contributed by atoms with Crippen molar-refractivity contribution in [2.75, 3.05) is 23.7 Å². The van der Waals surface area contributed by atoms with Crippen molar-refractivity contribution in [1.82, 2.24) is 10.2 Å². The molecule has 8 nitrogen and oxygen atoms in total. The third-order valence-corrected chi connectivity index (χ3v) is 10.2. The van der Waals surface area contributed by atoms with E-state index in [2.05, 4.69) is 5.32 Å². The fourth-order valence-electron chi connectivity index (χ4n) is 4.52. The van der Waals surface area contributed by atoms with Gasteiger partial charge in [-0.3, -0.25) is 13.9 Å². The van der Waals surface area contributed by atoms with Gasteiger partial charge in [0.15, 0.2) is 0 Å². The molecule has 0 spiro atoms. The molecule has 0 heterocycles. The minimum Gasteiger partial charge on any atom is -0.492 e. The second-order valence-corrected chi connectivity index (χ2v) is 13.7. The van der Waals surface area contributed by atoms with Gasteiger partial charge in [0.2, 0.25) is 11.8 Å². The van der Waals surface area contributed by atoms with Gasteiger partial charge >= 0.3 is 0 Å². The van der Waals surface area contributed by atoms with Crippen LogP contribution in [0.4, 0.5) is 5.69 Å². The van der Waals surface area contributed by atoms with Crippen molar-refractivity contribution in [1.29, 1.82) is 0 Å². The van der Waals surface area contributed by atoms with Gasteiger partial charge in [0.1, 0.15) is 18.3 Å². The topological polar surface area (TPSA) is 96.0 Å². The van der Waals surface area contributed by atoms with Crippen LogP contribution < -0.4 is 14.4 Å². The first-order valence-electron chi connectivity index (χ1n) is 14.4. The van der Waals surface area contributed by atoms with E-state index in [0.717, 1.165) is 9.20 Å². The van der Waals surface area contributed by atoms with Crippen LogP contribution in [0.25, 0.3) is 0 Å². The molecule has 12 heteroatoms. The largest absolute Gasteiger partial charge is 0.492 e. The van der Waals surface area contributed by atoms with Crippen LogP contribution in [-0.2, 0) is 26.2 Å². The number of sulfonamides is 1. The molecule has 0 saturated carbocycles. The van der Waals surface area contributed by atoms with Crippen molar-refractivity contribution >= 4 is 62.5 Å². The predicted molar refractivity (Wildman–Crippen MR) is 179 cm³/mol. The molecule has 3 rings (SSSR count). The smallest absolute Gasteiger partial charge is 0.264 e. The van der Waals surface area contributed by atoms with E-state index >= 15 is 0 Å². The Balaban J connectivity index is 2.14. The highest BCUT2D eigenvalue weighted by Crippen LogP contribution is 2.33. The molecule has 0 aromatic heterocycles. The summed E-state index contributed by atoms with van der Waals surface area (Å²) in [6.07, 6.45) is 2.89. The molecule has 238 valence electrons. The quantitative estimate of drug-likeness (QED) is 0.173. The standard InChI is InChI=1S/C32H39Cl2N3O5S2/c1-6-22(4)35-32(39)28(7-2)36(20-23-13-14-24(33)19-27(23)34)31(38)21-37(29-11-9-10-12-30(29)42-8-3)44(40,41)26-17-15-25(43-5)16-18-26/h9-19,22,28H,6-8,20-21H2,1-5H3,(H,35,39)/t22-,28-/m1/s1. The fourth-order valence-corrected chi connectivity index (χ4v) is 6.82. The second-order valence-electron chi connectivity index (χ2n) is 10.1. The molecule has 3 aromatic rings. The molecule has 0 aliphatic heterocycles. The Morgan fingerprint density at radius 2 is 1.66 bits per heavy atom. The van der Waals surface area contributed by atoms with Gasteiger partial charge in [0.05, 0.1) is 17.2 Å². The fraction of sp³-hybridized carbons (Fsp3) is 0.375. The van der Waals surface area contributed by atoms with E-state index in [1.807, 2.05) is 20.1 Å². The summed E-state index contributed by atoms with van der Waals surface area (Å²) in [5.74, 6) is -0.615. The lowest BCUT2D eigenvalue weighted by molar-refractivity contribution is -0.140. The van der Waals surface area contributed by atoms with Gasteiger partial charge in [0.25, 0.3) is 10.0 Å². The van der Waals surface area contributed by atoms with Crippen LogP contribution in [0.2, 0.25) is 10.0 Å². The number of ether oxygens (including phenoxy) is 1. The lowest BCUT2D eigenvalue weighted by Gasteiger charge is -2.34. The molecule has 0 saturated heterocycles. The highest BCUT2D eigenvalue weighted by atomic mass is 35.5. The van der Waals surface area contributed by atoms with Crippen LogP contribution >= 0.6 is 35.0 Å². The Kier molecular flexibility index (Phi) is 13.3. The summed E-state index contributed by atoms with van der Waals surface area (Å²) >= 11 is 14.1. The number of rotatable bonds is 15. The average molecular weight is 681 g/mol. The maximum atomic E-state index is 14.3. The van der Waals surface area contributed by atoms with Gasteiger partial charge < -0.3 is 15.0 Å². The molecule has 0 bridgehead atoms. The number of anilines is 1. The Labute approximate surface area is 275 Å². The molecule has 0 aliphatic carbocycles. The number of nitrogens with one attached hydrogen (secondary N) is 1. The van der Waals surface area contributed by atoms with Crippen molar-refractivity contribution in [3.63, 3.8) is 0 Å². The minimum absolute atomic E-state index is 0.0169. The first-order valence-corrected chi connectivity index (χ1v) is 17.8.